The molecule has 0 radical (unpaired) electrons. The Balaban J connectivity index is 0. The number of hydrogen-bond acceptors (Lipinski definition) is 5. The van der Waals surface area contributed by atoms with Crippen LogP contribution in [0.2, 0.25) is 0 Å². The zero-order valence-corrected chi connectivity index (χ0v) is 14.6. The molecule has 0 aromatic rings. The highest BCUT2D eigenvalue weighted by molar-refractivity contribution is 7.82. The van der Waals surface area contributed by atoms with Crippen LogP contribution >= 0.6 is 12.2 Å². The van der Waals surface area contributed by atoms with Gasteiger partial charge in [0.2, 0.25) is 6.41 Å². The number of thiocarbonyl (C=S) groups is 1. The Bertz CT molecular complexity index is 363. The summed E-state index contributed by atoms with van der Waals surface area (Å²) in [7, 11) is 0. The molecule has 1 saturated heterocycles. The van der Waals surface area contributed by atoms with Crippen LogP contribution in [0.4, 0.5) is 4.79 Å². The number of nitrogens with zero attached hydrogens (tertiary/aromatic N) is 1. The minimum atomic E-state index is -0.725. The summed E-state index contributed by atoms with van der Waals surface area (Å²) in [5.74, 6) is -0.231. The van der Waals surface area contributed by atoms with E-state index >= 15 is 0 Å². The van der Waals surface area contributed by atoms with Crippen molar-refractivity contribution >= 4 is 35.5 Å². The molecule has 1 fully saturated rings. The fourth-order valence-corrected chi connectivity index (χ4v) is 1.33. The predicted octanol–water partition coefficient (Wildman–Crippen LogP) is 1.37. The number of piperidine rings is 1. The van der Waals surface area contributed by atoms with Gasteiger partial charge in [-0.2, -0.15) is 0 Å². The number of Topliss-reactive ketones (excluding diaryl/α,β-unsaturated/α-hetero) is 1. The monoisotopic (exact) mass is 333 g/mol. The summed E-state index contributed by atoms with van der Waals surface area (Å²) in [6.07, 6.45) is 3.90. The molecule has 128 valence electrons. The van der Waals surface area contributed by atoms with E-state index in [2.05, 4.69) is 17.0 Å². The third-order valence-corrected chi connectivity index (χ3v) is 2.58. The molecule has 0 atom stereocenters. The van der Waals surface area contributed by atoms with E-state index in [4.69, 9.17) is 11.5 Å². The Labute approximate surface area is 137 Å². The molecular formula is C14H27N3O4S. The van der Waals surface area contributed by atoms with Crippen LogP contribution in [0.5, 0.6) is 0 Å². The highest BCUT2D eigenvalue weighted by Crippen LogP contribution is 2.05. The molecule has 0 unspecified atom stereocenters. The number of ether oxygens (including phenoxy) is 1. The highest BCUT2D eigenvalue weighted by Gasteiger charge is 2.12. The van der Waals surface area contributed by atoms with Gasteiger partial charge in [0.1, 0.15) is 10.6 Å². The number of primary amides is 1. The molecule has 1 heterocycles. The molecule has 0 aliphatic carbocycles. The molecular weight excluding hydrogens is 306 g/mol. The third-order valence-electron chi connectivity index (χ3n) is 2.29. The van der Waals surface area contributed by atoms with Crippen molar-refractivity contribution < 1.29 is 19.1 Å². The normalized spacial score (nSPS) is 13.5. The SMILES string of the molecule is CC(=O)C(N)=S.CC(C)(C)OC(N)=O.O=CN1CCCCC1. The van der Waals surface area contributed by atoms with E-state index in [-0.39, 0.29) is 10.8 Å². The van der Waals surface area contributed by atoms with Crippen molar-refractivity contribution in [2.24, 2.45) is 11.5 Å². The number of likely N-dealkylation sites (tertiary alicyclic amines) is 1. The Morgan fingerprint density at radius 1 is 1.14 bits per heavy atom. The first-order chi connectivity index (χ1) is 9.99. The molecule has 1 aliphatic heterocycles. The molecule has 0 saturated carbocycles. The Morgan fingerprint density at radius 2 is 1.55 bits per heavy atom. The minimum Gasteiger partial charge on any atom is -0.444 e. The largest absolute Gasteiger partial charge is 0.444 e. The van der Waals surface area contributed by atoms with E-state index in [1.165, 1.54) is 26.2 Å². The first kappa shape index (κ1) is 22.6. The zero-order chi connectivity index (χ0) is 17.8. The molecule has 0 aromatic carbocycles. The van der Waals surface area contributed by atoms with Gasteiger partial charge in [0.25, 0.3) is 0 Å². The molecule has 1 aliphatic rings. The Morgan fingerprint density at radius 3 is 1.68 bits per heavy atom. The minimum absolute atomic E-state index is 0.0463. The van der Waals surface area contributed by atoms with E-state index in [1.54, 1.807) is 20.8 Å². The first-order valence-corrected chi connectivity index (χ1v) is 7.38. The summed E-state index contributed by atoms with van der Waals surface area (Å²) in [6, 6.07) is 0. The Kier molecular flexibility index (Phi) is 12.2. The molecule has 7 nitrogen and oxygen atoms in total. The molecule has 4 N–H and O–H groups in total. The van der Waals surface area contributed by atoms with Crippen LogP contribution in [-0.2, 0) is 14.3 Å². The van der Waals surface area contributed by atoms with Crippen molar-refractivity contribution in [3.05, 3.63) is 0 Å². The lowest BCUT2D eigenvalue weighted by Gasteiger charge is -2.21. The summed E-state index contributed by atoms with van der Waals surface area (Å²) in [6.45, 7) is 8.57. The summed E-state index contributed by atoms with van der Waals surface area (Å²) in [5.41, 5.74) is 9.08. The second kappa shape index (κ2) is 11.9. The zero-order valence-electron chi connectivity index (χ0n) is 13.8. The van der Waals surface area contributed by atoms with Crippen LogP contribution in [0.3, 0.4) is 0 Å². The average molecular weight is 333 g/mol. The van der Waals surface area contributed by atoms with Crippen LogP contribution in [0, 0.1) is 0 Å². The van der Waals surface area contributed by atoms with Gasteiger partial charge < -0.3 is 21.1 Å². The topological polar surface area (TPSA) is 116 Å². The molecule has 1 rings (SSSR count). The quantitative estimate of drug-likeness (QED) is 0.582. The Hall–Kier alpha value is -1.70. The summed E-state index contributed by atoms with van der Waals surface area (Å²) in [4.78, 5) is 31.8. The lowest BCUT2D eigenvalue weighted by molar-refractivity contribution is -0.118. The summed E-state index contributed by atoms with van der Waals surface area (Å²) < 4.78 is 4.58. The molecule has 0 bridgehead atoms. The number of amides is 2. The molecule has 0 aromatic heterocycles. The summed E-state index contributed by atoms with van der Waals surface area (Å²) in [5, 5.41) is 0. The van der Waals surface area contributed by atoms with E-state index in [9.17, 15) is 14.4 Å². The first-order valence-electron chi connectivity index (χ1n) is 6.97. The maximum atomic E-state index is 10.1. The summed E-state index contributed by atoms with van der Waals surface area (Å²) >= 11 is 4.25. The fraction of sp³-hybridized carbons (Fsp3) is 0.714. The molecule has 22 heavy (non-hydrogen) atoms. The van der Waals surface area contributed by atoms with Gasteiger partial charge in [0, 0.05) is 20.0 Å². The molecule has 0 spiro atoms. The average Bonchev–Trinajstić information content (AvgIpc) is 2.38. The second-order valence-corrected chi connectivity index (χ2v) is 6.10. The van der Waals surface area contributed by atoms with E-state index in [0.29, 0.717) is 0 Å². The van der Waals surface area contributed by atoms with Gasteiger partial charge in [-0.15, -0.1) is 0 Å². The van der Waals surface area contributed by atoms with Crippen LogP contribution in [0.25, 0.3) is 0 Å². The van der Waals surface area contributed by atoms with Crippen LogP contribution in [-0.4, -0.2) is 46.9 Å². The van der Waals surface area contributed by atoms with Crippen molar-refractivity contribution in [2.75, 3.05) is 13.1 Å². The highest BCUT2D eigenvalue weighted by atomic mass is 32.1. The number of carbonyl (C=O) groups is 3. The van der Waals surface area contributed by atoms with Crippen molar-refractivity contribution in [1.82, 2.24) is 4.90 Å². The van der Waals surface area contributed by atoms with Gasteiger partial charge >= 0.3 is 6.09 Å². The lowest BCUT2D eigenvalue weighted by atomic mass is 10.1. The third kappa shape index (κ3) is 18.3. The number of carbonyl (C=O) groups excluding carboxylic acids is 3. The van der Waals surface area contributed by atoms with Gasteiger partial charge in [-0.3, -0.25) is 9.59 Å². The number of nitrogens with two attached hydrogens (primary N) is 2. The van der Waals surface area contributed by atoms with Crippen molar-refractivity contribution in [2.45, 2.75) is 52.6 Å². The van der Waals surface area contributed by atoms with Crippen LogP contribution in [0.1, 0.15) is 47.0 Å². The van der Waals surface area contributed by atoms with Crippen molar-refractivity contribution in [1.29, 1.82) is 0 Å². The maximum Gasteiger partial charge on any atom is 0.405 e. The van der Waals surface area contributed by atoms with E-state index in [0.717, 1.165) is 19.5 Å². The van der Waals surface area contributed by atoms with Crippen molar-refractivity contribution in [3.63, 3.8) is 0 Å². The van der Waals surface area contributed by atoms with Gasteiger partial charge in [0.15, 0.2) is 5.78 Å². The predicted molar refractivity (Wildman–Crippen MR) is 89.4 cm³/mol. The standard InChI is InChI=1S/C6H11NO.C5H11NO2.C3H5NOS/c8-6-7-4-2-1-3-5-7;1-5(2,3)8-4(6)7;1-2(5)3(4)6/h6H,1-5H2;1-3H3,(H2,6,7);1H3,(H2,4,6). The van der Waals surface area contributed by atoms with Gasteiger partial charge in [-0.25, -0.2) is 4.79 Å². The number of rotatable bonds is 2. The lowest BCUT2D eigenvalue weighted by Crippen LogP contribution is -2.27. The van der Waals surface area contributed by atoms with Crippen LogP contribution < -0.4 is 11.5 Å². The van der Waals surface area contributed by atoms with Crippen molar-refractivity contribution in [3.8, 4) is 0 Å². The van der Waals surface area contributed by atoms with Gasteiger partial charge in [-0.05, 0) is 40.0 Å². The van der Waals surface area contributed by atoms with Crippen LogP contribution in [0.15, 0.2) is 0 Å². The van der Waals surface area contributed by atoms with Gasteiger partial charge in [0.05, 0.1) is 0 Å². The smallest absolute Gasteiger partial charge is 0.405 e. The van der Waals surface area contributed by atoms with Gasteiger partial charge in [-0.1, -0.05) is 12.2 Å². The number of hydrogen-bond donors (Lipinski definition) is 2. The number of ketones is 1. The molecule has 8 heteroatoms. The van der Waals surface area contributed by atoms with E-state index in [1.807, 2.05) is 4.90 Å². The van der Waals surface area contributed by atoms with E-state index < -0.39 is 11.7 Å². The molecule has 2 amide bonds. The second-order valence-electron chi connectivity index (χ2n) is 5.66. The maximum absolute atomic E-state index is 10.1. The fourth-order valence-electron chi connectivity index (χ4n) is 1.33.